The molecule has 0 radical (unpaired) electrons. The molecule has 7 atom stereocenters. The van der Waals surface area contributed by atoms with Gasteiger partial charge in [0, 0.05) is 17.5 Å². The third kappa shape index (κ3) is 2.87. The van der Waals surface area contributed by atoms with Crippen LogP contribution in [0.4, 0.5) is 5.69 Å². The maximum atomic E-state index is 12.3. The van der Waals surface area contributed by atoms with Gasteiger partial charge in [0.1, 0.15) is 5.60 Å². The van der Waals surface area contributed by atoms with Crippen molar-refractivity contribution in [3.05, 3.63) is 41.5 Å². The van der Waals surface area contributed by atoms with Gasteiger partial charge in [-0.1, -0.05) is 37.5 Å². The topological polar surface area (TPSA) is 63.3 Å². The standard InChI is InChI=1S/C28H35NO2/c1-4-13-28(31)15-12-24-22-10-7-19-16-21(30)11-14-26(19,2)25(22)23(17-27(24,28)3)18-5-8-20(29)9-6-18/h5-6,8-9,16,22-25,31H,7,10-12,14-15,17,29H2,1-3H3/t22-,23+,24-,25+,26-,27-,28-/m0/s1. The summed E-state index contributed by atoms with van der Waals surface area (Å²) in [7, 11) is 0. The van der Waals surface area contributed by atoms with E-state index in [0.29, 0.717) is 35.9 Å². The van der Waals surface area contributed by atoms with Crippen molar-refractivity contribution in [2.75, 3.05) is 5.73 Å². The van der Waals surface area contributed by atoms with E-state index in [2.05, 4.69) is 37.8 Å². The summed E-state index contributed by atoms with van der Waals surface area (Å²) < 4.78 is 0. The molecule has 3 fully saturated rings. The Morgan fingerprint density at radius 2 is 1.84 bits per heavy atom. The minimum Gasteiger partial charge on any atom is -0.399 e. The fourth-order valence-corrected chi connectivity index (χ4v) is 8.23. The van der Waals surface area contributed by atoms with Crippen LogP contribution < -0.4 is 5.73 Å². The first-order chi connectivity index (χ1) is 14.7. The monoisotopic (exact) mass is 417 g/mol. The molecular formula is C28H35NO2. The summed E-state index contributed by atoms with van der Waals surface area (Å²) >= 11 is 0. The SMILES string of the molecule is CC#C[C@]1(O)CC[C@H]2[C@@H]3CCC4=CC(=O)CC[C@]4(C)[C@H]3[C@@H](c3ccc(N)cc3)C[C@@]21C. The van der Waals surface area contributed by atoms with E-state index in [9.17, 15) is 9.90 Å². The highest BCUT2D eigenvalue weighted by molar-refractivity contribution is 5.91. The second-order valence-corrected chi connectivity index (χ2v) is 11.1. The van der Waals surface area contributed by atoms with Crippen LogP contribution in [-0.4, -0.2) is 16.5 Å². The van der Waals surface area contributed by atoms with E-state index in [1.807, 2.05) is 25.1 Å². The van der Waals surface area contributed by atoms with E-state index in [1.54, 1.807) is 0 Å². The fraction of sp³-hybridized carbons (Fsp3) is 0.607. The summed E-state index contributed by atoms with van der Waals surface area (Å²) in [5.41, 5.74) is 8.43. The molecule has 4 aliphatic carbocycles. The highest BCUT2D eigenvalue weighted by Gasteiger charge is 2.66. The second kappa shape index (κ2) is 6.97. The van der Waals surface area contributed by atoms with Crippen molar-refractivity contribution < 1.29 is 9.90 Å². The maximum absolute atomic E-state index is 12.3. The summed E-state index contributed by atoms with van der Waals surface area (Å²) in [5, 5.41) is 11.7. The molecule has 1 aromatic rings. The van der Waals surface area contributed by atoms with E-state index < -0.39 is 5.60 Å². The molecular weight excluding hydrogens is 382 g/mol. The van der Waals surface area contributed by atoms with Gasteiger partial charge < -0.3 is 10.8 Å². The number of carbonyl (C=O) groups is 1. The number of nitrogens with two attached hydrogens (primary N) is 1. The Labute approximate surface area is 186 Å². The van der Waals surface area contributed by atoms with Crippen molar-refractivity contribution in [3.63, 3.8) is 0 Å². The first kappa shape index (κ1) is 20.8. The van der Waals surface area contributed by atoms with Crippen LogP contribution in [0.1, 0.15) is 77.2 Å². The number of ketones is 1. The Hall–Kier alpha value is -2.05. The van der Waals surface area contributed by atoms with Crippen LogP contribution >= 0.6 is 0 Å². The average molecular weight is 418 g/mol. The Kier molecular flexibility index (Phi) is 4.69. The van der Waals surface area contributed by atoms with Crippen LogP contribution in [0, 0.1) is 40.4 Å². The molecule has 3 N–H and O–H groups in total. The van der Waals surface area contributed by atoms with Gasteiger partial charge in [0.05, 0.1) is 0 Å². The Bertz CT molecular complexity index is 998. The molecule has 0 aliphatic heterocycles. The van der Waals surface area contributed by atoms with Crippen molar-refractivity contribution in [2.45, 2.75) is 77.2 Å². The molecule has 0 unspecified atom stereocenters. The molecule has 3 saturated carbocycles. The Balaban J connectivity index is 1.66. The number of anilines is 1. The van der Waals surface area contributed by atoms with Gasteiger partial charge in [0.25, 0.3) is 0 Å². The van der Waals surface area contributed by atoms with Crippen LogP contribution in [0.15, 0.2) is 35.9 Å². The van der Waals surface area contributed by atoms with Gasteiger partial charge in [0.15, 0.2) is 5.78 Å². The van der Waals surface area contributed by atoms with Gasteiger partial charge in [-0.2, -0.15) is 0 Å². The van der Waals surface area contributed by atoms with E-state index >= 15 is 0 Å². The lowest BCUT2D eigenvalue weighted by Gasteiger charge is -2.61. The second-order valence-electron chi connectivity index (χ2n) is 11.1. The molecule has 0 heterocycles. The van der Waals surface area contributed by atoms with Gasteiger partial charge in [-0.3, -0.25) is 4.79 Å². The lowest BCUT2D eigenvalue weighted by molar-refractivity contribution is -0.122. The minimum absolute atomic E-state index is 0.0569. The summed E-state index contributed by atoms with van der Waals surface area (Å²) in [6.07, 6.45) is 8.46. The quantitative estimate of drug-likeness (QED) is 0.485. The van der Waals surface area contributed by atoms with Crippen molar-refractivity contribution >= 4 is 11.5 Å². The predicted molar refractivity (Wildman–Crippen MR) is 124 cm³/mol. The summed E-state index contributed by atoms with van der Waals surface area (Å²) in [6.45, 7) is 6.56. The Morgan fingerprint density at radius 3 is 2.55 bits per heavy atom. The number of nitrogen functional groups attached to an aromatic ring is 1. The summed E-state index contributed by atoms with van der Waals surface area (Å²) in [4.78, 5) is 12.3. The summed E-state index contributed by atoms with van der Waals surface area (Å²) in [5.74, 6) is 8.41. The normalized spacial score (nSPS) is 43.7. The number of fused-ring (bicyclic) bond motifs is 5. The number of allylic oxidation sites excluding steroid dienone is 1. The number of aliphatic hydroxyl groups is 1. The third-order valence-corrected chi connectivity index (χ3v) is 9.77. The van der Waals surface area contributed by atoms with E-state index in [0.717, 1.165) is 44.2 Å². The molecule has 164 valence electrons. The molecule has 31 heavy (non-hydrogen) atoms. The largest absolute Gasteiger partial charge is 0.399 e. The van der Waals surface area contributed by atoms with Crippen LogP contribution in [0.3, 0.4) is 0 Å². The van der Waals surface area contributed by atoms with E-state index in [4.69, 9.17) is 5.73 Å². The smallest absolute Gasteiger partial charge is 0.155 e. The number of rotatable bonds is 1. The van der Waals surface area contributed by atoms with Crippen molar-refractivity contribution in [1.29, 1.82) is 0 Å². The van der Waals surface area contributed by atoms with Gasteiger partial charge in [-0.15, -0.1) is 5.92 Å². The lowest BCUT2D eigenvalue weighted by atomic mass is 9.43. The van der Waals surface area contributed by atoms with Crippen molar-refractivity contribution in [3.8, 4) is 11.8 Å². The van der Waals surface area contributed by atoms with Crippen LogP contribution in [0.2, 0.25) is 0 Å². The summed E-state index contributed by atoms with van der Waals surface area (Å²) in [6, 6.07) is 8.40. The zero-order chi connectivity index (χ0) is 22.0. The van der Waals surface area contributed by atoms with E-state index in [1.165, 1.54) is 11.1 Å². The molecule has 0 bridgehead atoms. The highest BCUT2D eigenvalue weighted by Crippen LogP contribution is 2.70. The molecule has 0 spiro atoms. The molecule has 0 aromatic heterocycles. The maximum Gasteiger partial charge on any atom is 0.155 e. The minimum atomic E-state index is -0.914. The molecule has 5 rings (SSSR count). The third-order valence-electron chi connectivity index (χ3n) is 9.77. The van der Waals surface area contributed by atoms with Gasteiger partial charge in [-0.25, -0.2) is 0 Å². The van der Waals surface area contributed by atoms with Gasteiger partial charge in [0.2, 0.25) is 0 Å². The average Bonchev–Trinajstić information content (AvgIpc) is 2.99. The van der Waals surface area contributed by atoms with Crippen LogP contribution in [0.5, 0.6) is 0 Å². The van der Waals surface area contributed by atoms with Gasteiger partial charge >= 0.3 is 0 Å². The van der Waals surface area contributed by atoms with Crippen LogP contribution in [0.25, 0.3) is 0 Å². The molecule has 0 amide bonds. The zero-order valence-electron chi connectivity index (χ0n) is 19.1. The lowest BCUT2D eigenvalue weighted by Crippen LogP contribution is -2.57. The van der Waals surface area contributed by atoms with Gasteiger partial charge in [-0.05, 0) is 98.3 Å². The number of hydrogen-bond acceptors (Lipinski definition) is 3. The fourth-order valence-electron chi connectivity index (χ4n) is 8.23. The molecule has 4 aliphatic rings. The number of carbonyl (C=O) groups excluding carboxylic acids is 1. The molecule has 0 saturated heterocycles. The number of benzene rings is 1. The highest BCUT2D eigenvalue weighted by atomic mass is 16.3. The molecule has 1 aromatic carbocycles. The first-order valence-electron chi connectivity index (χ1n) is 12.0. The molecule has 3 nitrogen and oxygen atoms in total. The zero-order valence-corrected chi connectivity index (χ0v) is 19.1. The van der Waals surface area contributed by atoms with Crippen molar-refractivity contribution in [1.82, 2.24) is 0 Å². The number of hydrogen-bond donors (Lipinski definition) is 2. The Morgan fingerprint density at radius 1 is 1.10 bits per heavy atom. The first-order valence-corrected chi connectivity index (χ1v) is 12.0. The van der Waals surface area contributed by atoms with Crippen LogP contribution in [-0.2, 0) is 4.79 Å². The van der Waals surface area contributed by atoms with Crippen molar-refractivity contribution in [2.24, 2.45) is 28.6 Å². The van der Waals surface area contributed by atoms with E-state index in [-0.39, 0.29) is 10.8 Å². The predicted octanol–water partition coefficient (Wildman–Crippen LogP) is 5.25. The molecule has 3 heteroatoms.